The standard InChI is InChI=1S/C5H14N2.C4H12N2/c1-3-5-7-6-4-2;1-6-4-2-3-5/h6-7H,3-5H2,1-2H3;6H,2-5H2,1H3. The van der Waals surface area contributed by atoms with Crippen LogP contribution in [0.3, 0.4) is 0 Å². The Balaban J connectivity index is 0. The summed E-state index contributed by atoms with van der Waals surface area (Å²) in [6.07, 6.45) is 2.27. The summed E-state index contributed by atoms with van der Waals surface area (Å²) in [4.78, 5) is 0. The highest BCUT2D eigenvalue weighted by Gasteiger charge is 1.74. The SMILES string of the molecule is CCCNNCC.CNCCCN. The highest BCUT2D eigenvalue weighted by molar-refractivity contribution is 4.38. The molecule has 0 saturated carbocycles. The largest absolute Gasteiger partial charge is 0.330 e. The molecular weight excluding hydrogens is 164 g/mol. The monoisotopic (exact) mass is 190 g/mol. The van der Waals surface area contributed by atoms with Gasteiger partial charge in [0.2, 0.25) is 0 Å². The van der Waals surface area contributed by atoms with E-state index >= 15 is 0 Å². The third-order valence-corrected chi connectivity index (χ3v) is 1.31. The van der Waals surface area contributed by atoms with Gasteiger partial charge in [-0.25, -0.2) is 0 Å². The van der Waals surface area contributed by atoms with Crippen molar-refractivity contribution in [2.45, 2.75) is 26.7 Å². The average Bonchev–Trinajstić information content (AvgIpc) is 2.17. The van der Waals surface area contributed by atoms with E-state index in [1.54, 1.807) is 0 Å². The Bertz CT molecular complexity index is 60.6. The van der Waals surface area contributed by atoms with Gasteiger partial charge in [-0.05, 0) is 33.0 Å². The summed E-state index contributed by atoms with van der Waals surface area (Å²) in [5.41, 5.74) is 11.2. The molecule has 4 nitrogen and oxygen atoms in total. The zero-order valence-corrected chi connectivity index (χ0v) is 9.32. The van der Waals surface area contributed by atoms with Gasteiger partial charge in [-0.3, -0.25) is 10.9 Å². The van der Waals surface area contributed by atoms with Gasteiger partial charge in [0.25, 0.3) is 0 Å². The first-order valence-electron chi connectivity index (χ1n) is 5.13. The van der Waals surface area contributed by atoms with E-state index in [1.807, 2.05) is 7.05 Å². The van der Waals surface area contributed by atoms with Crippen LogP contribution in [0.2, 0.25) is 0 Å². The summed E-state index contributed by atoms with van der Waals surface area (Å²) >= 11 is 0. The summed E-state index contributed by atoms with van der Waals surface area (Å²) < 4.78 is 0. The third kappa shape index (κ3) is 24.5. The smallest absolute Gasteiger partial charge is 0.00971 e. The highest BCUT2D eigenvalue weighted by Crippen LogP contribution is 1.64. The van der Waals surface area contributed by atoms with E-state index in [-0.39, 0.29) is 0 Å². The first-order valence-corrected chi connectivity index (χ1v) is 5.13. The second-order valence-electron chi connectivity index (χ2n) is 2.70. The van der Waals surface area contributed by atoms with Gasteiger partial charge in [-0.1, -0.05) is 13.8 Å². The van der Waals surface area contributed by atoms with Crippen LogP contribution in [0.25, 0.3) is 0 Å². The molecule has 13 heavy (non-hydrogen) atoms. The van der Waals surface area contributed by atoms with E-state index in [0.717, 1.165) is 32.6 Å². The van der Waals surface area contributed by atoms with Crippen LogP contribution in [0.1, 0.15) is 26.7 Å². The molecule has 0 spiro atoms. The van der Waals surface area contributed by atoms with Crippen LogP contribution < -0.4 is 21.9 Å². The van der Waals surface area contributed by atoms with Crippen LogP contribution in [0.5, 0.6) is 0 Å². The fourth-order valence-electron chi connectivity index (χ4n) is 0.617. The molecule has 4 heteroatoms. The molecule has 0 aromatic heterocycles. The normalized spacial score (nSPS) is 9.23. The summed E-state index contributed by atoms with van der Waals surface area (Å²) in [6.45, 7) is 8.11. The van der Waals surface area contributed by atoms with Crippen molar-refractivity contribution < 1.29 is 0 Å². The summed E-state index contributed by atoms with van der Waals surface area (Å²) in [5, 5.41) is 2.99. The van der Waals surface area contributed by atoms with Gasteiger partial charge in [0.15, 0.2) is 0 Å². The van der Waals surface area contributed by atoms with Crippen LogP contribution in [0, 0.1) is 0 Å². The van der Waals surface area contributed by atoms with Crippen molar-refractivity contribution in [3.63, 3.8) is 0 Å². The lowest BCUT2D eigenvalue weighted by Gasteiger charge is -1.98. The lowest BCUT2D eigenvalue weighted by Crippen LogP contribution is -2.31. The molecule has 0 saturated heterocycles. The minimum atomic E-state index is 0.792. The van der Waals surface area contributed by atoms with Gasteiger partial charge in [0.1, 0.15) is 0 Å². The second-order valence-corrected chi connectivity index (χ2v) is 2.70. The van der Waals surface area contributed by atoms with Crippen LogP contribution in [-0.4, -0.2) is 33.2 Å². The first-order chi connectivity index (χ1) is 6.33. The van der Waals surface area contributed by atoms with E-state index in [0.29, 0.717) is 0 Å². The molecule has 82 valence electrons. The van der Waals surface area contributed by atoms with Crippen LogP contribution >= 0.6 is 0 Å². The first kappa shape index (κ1) is 15.3. The quantitative estimate of drug-likeness (QED) is 0.339. The van der Waals surface area contributed by atoms with Crippen LogP contribution in [-0.2, 0) is 0 Å². The number of hydrazine groups is 1. The topological polar surface area (TPSA) is 62.1 Å². The number of nitrogens with two attached hydrogens (primary N) is 1. The Morgan fingerprint density at radius 3 is 2.08 bits per heavy atom. The fourth-order valence-corrected chi connectivity index (χ4v) is 0.617. The summed E-state index contributed by atoms with van der Waals surface area (Å²) in [5.74, 6) is 0. The average molecular weight is 190 g/mol. The maximum atomic E-state index is 5.17. The summed E-state index contributed by atoms with van der Waals surface area (Å²) in [7, 11) is 1.93. The fraction of sp³-hybridized carbons (Fsp3) is 1.00. The predicted molar refractivity (Wildman–Crippen MR) is 59.6 cm³/mol. The van der Waals surface area contributed by atoms with Gasteiger partial charge in [0, 0.05) is 13.1 Å². The molecule has 0 aromatic rings. The molecule has 0 bridgehead atoms. The van der Waals surface area contributed by atoms with E-state index < -0.39 is 0 Å². The number of rotatable bonds is 7. The molecule has 0 fully saturated rings. The van der Waals surface area contributed by atoms with Crippen molar-refractivity contribution in [2.24, 2.45) is 5.73 Å². The minimum Gasteiger partial charge on any atom is -0.330 e. The lowest BCUT2D eigenvalue weighted by molar-refractivity contribution is 0.548. The van der Waals surface area contributed by atoms with E-state index in [9.17, 15) is 0 Å². The van der Waals surface area contributed by atoms with E-state index in [1.165, 1.54) is 6.42 Å². The Morgan fingerprint density at radius 2 is 1.77 bits per heavy atom. The number of hydrogen-bond acceptors (Lipinski definition) is 4. The molecule has 0 amide bonds. The molecule has 0 radical (unpaired) electrons. The van der Waals surface area contributed by atoms with Gasteiger partial charge in [-0.2, -0.15) is 0 Å². The number of hydrogen-bond donors (Lipinski definition) is 4. The van der Waals surface area contributed by atoms with Gasteiger partial charge >= 0.3 is 0 Å². The Morgan fingerprint density at radius 1 is 1.08 bits per heavy atom. The maximum absolute atomic E-state index is 5.17. The lowest BCUT2D eigenvalue weighted by atomic mass is 10.4. The molecule has 0 aliphatic heterocycles. The molecule has 0 atom stereocenters. The molecule has 0 aliphatic carbocycles. The zero-order chi connectivity index (χ0) is 10.4. The molecule has 0 rings (SSSR count). The van der Waals surface area contributed by atoms with Crippen molar-refractivity contribution in [2.75, 3.05) is 33.2 Å². The third-order valence-electron chi connectivity index (χ3n) is 1.31. The van der Waals surface area contributed by atoms with E-state index in [2.05, 4.69) is 30.0 Å². The summed E-state index contributed by atoms with van der Waals surface area (Å²) in [6, 6.07) is 0. The predicted octanol–water partition coefficient (Wildman–Crippen LogP) is 0.0651. The molecule has 0 heterocycles. The van der Waals surface area contributed by atoms with Crippen LogP contribution in [0.4, 0.5) is 0 Å². The van der Waals surface area contributed by atoms with Gasteiger partial charge in [-0.15, -0.1) is 0 Å². The maximum Gasteiger partial charge on any atom is 0.00971 e. The van der Waals surface area contributed by atoms with Crippen molar-refractivity contribution in [3.8, 4) is 0 Å². The van der Waals surface area contributed by atoms with Gasteiger partial charge in [0.05, 0.1) is 0 Å². The van der Waals surface area contributed by atoms with Crippen molar-refractivity contribution in [3.05, 3.63) is 0 Å². The van der Waals surface area contributed by atoms with Gasteiger partial charge < -0.3 is 11.1 Å². The van der Waals surface area contributed by atoms with Crippen LogP contribution in [0.15, 0.2) is 0 Å². The molecular formula is C9H26N4. The van der Waals surface area contributed by atoms with E-state index in [4.69, 9.17) is 5.73 Å². The Kier molecular flexibility index (Phi) is 21.0. The van der Waals surface area contributed by atoms with Crippen molar-refractivity contribution in [1.82, 2.24) is 16.2 Å². The molecule has 0 unspecified atom stereocenters. The Labute approximate surface area is 82.6 Å². The molecule has 0 aliphatic rings. The Hall–Kier alpha value is -0.160. The zero-order valence-electron chi connectivity index (χ0n) is 9.32. The van der Waals surface area contributed by atoms with Crippen molar-refractivity contribution >= 4 is 0 Å². The van der Waals surface area contributed by atoms with Crippen molar-refractivity contribution in [1.29, 1.82) is 0 Å². The number of nitrogens with one attached hydrogen (secondary N) is 3. The second kappa shape index (κ2) is 17.8. The highest BCUT2D eigenvalue weighted by atomic mass is 15.3. The minimum absolute atomic E-state index is 0.792. The molecule has 5 N–H and O–H groups in total. The molecule has 0 aromatic carbocycles.